The fourth-order valence-corrected chi connectivity index (χ4v) is 5.47. The molecule has 0 unspecified atom stereocenters. The Hall–Kier alpha value is -3.31. The molecule has 0 aliphatic carbocycles. The summed E-state index contributed by atoms with van der Waals surface area (Å²) in [6.07, 6.45) is 1.23. The van der Waals surface area contributed by atoms with Crippen LogP contribution < -0.4 is 4.72 Å². The van der Waals surface area contributed by atoms with E-state index in [9.17, 15) is 25.6 Å². The fourth-order valence-electron chi connectivity index (χ4n) is 3.48. The summed E-state index contributed by atoms with van der Waals surface area (Å²) in [5, 5.41) is 4.35. The minimum Gasteiger partial charge on any atom is -0.284 e. The second-order valence-corrected chi connectivity index (χ2v) is 11.0. The van der Waals surface area contributed by atoms with E-state index in [2.05, 4.69) is 9.82 Å². The van der Waals surface area contributed by atoms with E-state index in [0.717, 1.165) is 34.9 Å². The zero-order chi connectivity index (χ0) is 23.8. The molecular weight excluding hydrogens is 472 g/mol. The molecule has 1 N–H and O–H groups in total. The van der Waals surface area contributed by atoms with Gasteiger partial charge in [-0.3, -0.25) is 4.72 Å². The molecular formula is C22H19F2N3O4S2. The van der Waals surface area contributed by atoms with Crippen molar-refractivity contribution in [1.29, 1.82) is 0 Å². The Balaban J connectivity index is 1.73. The van der Waals surface area contributed by atoms with Gasteiger partial charge in [0.15, 0.2) is 0 Å². The molecule has 0 bridgehead atoms. The second-order valence-electron chi connectivity index (χ2n) is 7.50. The molecule has 3 aromatic rings. The average Bonchev–Trinajstić information content (AvgIpc) is 3.20. The van der Waals surface area contributed by atoms with E-state index in [1.807, 2.05) is 0 Å². The molecule has 1 heterocycles. The Bertz CT molecular complexity index is 1410. The predicted molar refractivity (Wildman–Crippen MR) is 121 cm³/mol. The first-order valence-corrected chi connectivity index (χ1v) is 13.1. The summed E-state index contributed by atoms with van der Waals surface area (Å²) in [5.74, 6) is -1.03. The normalized spacial score (nSPS) is 16.5. The van der Waals surface area contributed by atoms with Gasteiger partial charge in [0.25, 0.3) is 10.0 Å². The quantitative estimate of drug-likeness (QED) is 0.566. The van der Waals surface area contributed by atoms with Gasteiger partial charge in [0.1, 0.15) is 11.6 Å². The number of hydrogen-bond acceptors (Lipinski definition) is 5. The number of hydrazone groups is 1. The van der Waals surface area contributed by atoms with Crippen LogP contribution in [0, 0.1) is 11.6 Å². The lowest BCUT2D eigenvalue weighted by Gasteiger charge is -2.23. The molecule has 0 fully saturated rings. The van der Waals surface area contributed by atoms with E-state index in [-0.39, 0.29) is 11.3 Å². The Labute approximate surface area is 190 Å². The van der Waals surface area contributed by atoms with Crippen LogP contribution in [0.3, 0.4) is 0 Å². The van der Waals surface area contributed by atoms with Gasteiger partial charge in [-0.05, 0) is 59.7 Å². The van der Waals surface area contributed by atoms with Crippen molar-refractivity contribution < 1.29 is 25.6 Å². The number of sulfonamides is 2. The van der Waals surface area contributed by atoms with Crippen LogP contribution in [0.2, 0.25) is 0 Å². The van der Waals surface area contributed by atoms with Crippen molar-refractivity contribution in [3.63, 3.8) is 0 Å². The third-order valence-electron chi connectivity index (χ3n) is 5.01. The predicted octanol–water partition coefficient (Wildman–Crippen LogP) is 3.88. The number of rotatable bonds is 6. The van der Waals surface area contributed by atoms with Gasteiger partial charge in [-0.1, -0.05) is 24.3 Å². The van der Waals surface area contributed by atoms with E-state index in [4.69, 9.17) is 0 Å². The molecule has 1 aliphatic heterocycles. The van der Waals surface area contributed by atoms with Crippen LogP contribution in [0.1, 0.15) is 23.6 Å². The van der Waals surface area contributed by atoms with Crippen LogP contribution in [-0.4, -0.2) is 33.2 Å². The first-order valence-electron chi connectivity index (χ1n) is 9.74. The maximum atomic E-state index is 13.5. The minimum absolute atomic E-state index is 0.131. The summed E-state index contributed by atoms with van der Waals surface area (Å²) in [4.78, 5) is -0.131. The Morgan fingerprint density at radius 2 is 1.39 bits per heavy atom. The molecule has 172 valence electrons. The molecule has 11 heteroatoms. The van der Waals surface area contributed by atoms with Gasteiger partial charge >= 0.3 is 0 Å². The van der Waals surface area contributed by atoms with Crippen LogP contribution in [0.4, 0.5) is 14.5 Å². The van der Waals surface area contributed by atoms with Crippen LogP contribution in [0.5, 0.6) is 0 Å². The lowest BCUT2D eigenvalue weighted by atomic mass is 9.99. The smallest absolute Gasteiger partial charge is 0.279 e. The zero-order valence-corrected chi connectivity index (χ0v) is 18.9. The number of nitrogens with zero attached hydrogens (tertiary/aromatic N) is 2. The first-order chi connectivity index (χ1) is 15.5. The van der Waals surface area contributed by atoms with Crippen molar-refractivity contribution in [3.05, 3.63) is 95.6 Å². The molecule has 0 saturated heterocycles. The molecule has 4 rings (SSSR count). The summed E-state index contributed by atoms with van der Waals surface area (Å²) in [7, 11) is -7.59. The van der Waals surface area contributed by atoms with Crippen molar-refractivity contribution in [2.24, 2.45) is 5.10 Å². The van der Waals surface area contributed by atoms with Crippen molar-refractivity contribution >= 4 is 31.4 Å². The summed E-state index contributed by atoms with van der Waals surface area (Å²) in [5.41, 5.74) is 1.93. The van der Waals surface area contributed by atoms with Crippen LogP contribution in [0.25, 0.3) is 0 Å². The minimum atomic E-state index is -4.14. The highest BCUT2D eigenvalue weighted by Gasteiger charge is 2.37. The third-order valence-corrected chi connectivity index (χ3v) is 7.31. The van der Waals surface area contributed by atoms with Gasteiger partial charge in [-0.15, -0.1) is 0 Å². The highest BCUT2D eigenvalue weighted by atomic mass is 32.2. The lowest BCUT2D eigenvalue weighted by Crippen LogP contribution is -2.27. The van der Waals surface area contributed by atoms with Crippen LogP contribution in [-0.2, 0) is 20.0 Å². The second kappa shape index (κ2) is 8.56. The van der Waals surface area contributed by atoms with Crippen molar-refractivity contribution in [1.82, 2.24) is 4.41 Å². The average molecular weight is 492 g/mol. The number of nitrogens with one attached hydrogen (secondary N) is 1. The van der Waals surface area contributed by atoms with Crippen LogP contribution >= 0.6 is 0 Å². The number of anilines is 1. The highest BCUT2D eigenvalue weighted by molar-refractivity contribution is 7.92. The highest BCUT2D eigenvalue weighted by Crippen LogP contribution is 2.37. The Morgan fingerprint density at radius 1 is 0.848 bits per heavy atom. The molecule has 0 radical (unpaired) electrons. The molecule has 33 heavy (non-hydrogen) atoms. The van der Waals surface area contributed by atoms with Crippen molar-refractivity contribution in [3.8, 4) is 0 Å². The largest absolute Gasteiger partial charge is 0.284 e. The van der Waals surface area contributed by atoms with E-state index < -0.39 is 37.7 Å². The van der Waals surface area contributed by atoms with Crippen molar-refractivity contribution in [2.75, 3.05) is 11.0 Å². The zero-order valence-electron chi connectivity index (χ0n) is 17.3. The summed E-state index contributed by atoms with van der Waals surface area (Å²) in [6, 6.07) is 15.5. The molecule has 7 nitrogen and oxygen atoms in total. The number of hydrogen-bond donors (Lipinski definition) is 1. The molecule has 1 aliphatic rings. The molecule has 0 saturated carbocycles. The molecule has 0 spiro atoms. The monoisotopic (exact) mass is 491 g/mol. The van der Waals surface area contributed by atoms with E-state index in [0.29, 0.717) is 22.5 Å². The Morgan fingerprint density at radius 3 is 1.94 bits per heavy atom. The van der Waals surface area contributed by atoms with Crippen LogP contribution in [0.15, 0.2) is 82.8 Å². The fraction of sp³-hybridized carbons (Fsp3) is 0.136. The van der Waals surface area contributed by atoms with Gasteiger partial charge in [0.05, 0.1) is 22.9 Å². The summed E-state index contributed by atoms with van der Waals surface area (Å²) < 4.78 is 79.6. The van der Waals surface area contributed by atoms with Gasteiger partial charge in [-0.2, -0.15) is 17.9 Å². The standard InChI is InChI=1S/C22H19F2N3O4S2/c1-32(28,29)26-19-10-4-15(5-11-19)21-14-22(16-2-6-17(23)7-3-16)27(25-21)33(30,31)20-12-8-18(24)9-13-20/h2-13,22,26H,14H2,1H3/t22-/m0/s1. The van der Waals surface area contributed by atoms with E-state index in [1.54, 1.807) is 24.3 Å². The van der Waals surface area contributed by atoms with Crippen molar-refractivity contribution in [2.45, 2.75) is 17.4 Å². The maximum absolute atomic E-state index is 13.5. The van der Waals surface area contributed by atoms with Gasteiger partial charge in [0, 0.05) is 12.1 Å². The van der Waals surface area contributed by atoms with Gasteiger partial charge < -0.3 is 0 Å². The SMILES string of the molecule is CS(=O)(=O)Nc1ccc(C2=NN(S(=O)(=O)c3ccc(F)cc3)[C@H](c3ccc(F)cc3)C2)cc1. The summed E-state index contributed by atoms with van der Waals surface area (Å²) >= 11 is 0. The number of benzene rings is 3. The number of halogens is 2. The van der Waals surface area contributed by atoms with Gasteiger partial charge in [0.2, 0.25) is 10.0 Å². The molecule has 0 aromatic heterocycles. The third kappa shape index (κ3) is 5.04. The molecule has 3 aromatic carbocycles. The molecule has 1 atom stereocenters. The van der Waals surface area contributed by atoms with E-state index in [1.165, 1.54) is 24.3 Å². The first kappa shape index (κ1) is 22.9. The molecule has 0 amide bonds. The van der Waals surface area contributed by atoms with Gasteiger partial charge in [-0.25, -0.2) is 17.2 Å². The maximum Gasteiger partial charge on any atom is 0.279 e. The topological polar surface area (TPSA) is 95.9 Å². The lowest BCUT2D eigenvalue weighted by molar-refractivity contribution is 0.371. The summed E-state index contributed by atoms with van der Waals surface area (Å²) in [6.45, 7) is 0. The Kier molecular flexibility index (Phi) is 5.93. The van der Waals surface area contributed by atoms with E-state index >= 15 is 0 Å².